The number of nitrogens with one attached hydrogen (secondary N) is 1. The number of hydrogen-bond donors (Lipinski definition) is 1. The van der Waals surface area contributed by atoms with Gasteiger partial charge in [0.15, 0.2) is 0 Å². The molecule has 0 aliphatic carbocycles. The molecule has 4 aromatic rings. The summed E-state index contributed by atoms with van der Waals surface area (Å²) in [7, 11) is 1.59. The minimum Gasteiger partial charge on any atom is -0.497 e. The van der Waals surface area contributed by atoms with Gasteiger partial charge in [-0.1, -0.05) is 30.3 Å². The first kappa shape index (κ1) is 24.3. The molecule has 6 heteroatoms. The number of carbonyl (C=O) groups is 1. The van der Waals surface area contributed by atoms with E-state index in [1.807, 2.05) is 30.3 Å². The third-order valence-corrected chi connectivity index (χ3v) is 6.08. The van der Waals surface area contributed by atoms with Crippen LogP contribution >= 0.6 is 0 Å². The van der Waals surface area contributed by atoms with Crippen LogP contribution in [-0.4, -0.2) is 35.7 Å². The van der Waals surface area contributed by atoms with E-state index in [4.69, 9.17) is 14.5 Å². The molecule has 6 nitrogen and oxygen atoms in total. The van der Waals surface area contributed by atoms with Gasteiger partial charge in [0.2, 0.25) is 0 Å². The first-order chi connectivity index (χ1) is 17.0. The summed E-state index contributed by atoms with van der Waals surface area (Å²) in [5, 5.41) is 3.01. The molecule has 0 atom stereocenters. The summed E-state index contributed by atoms with van der Waals surface area (Å²) in [6, 6.07) is 21.7. The number of rotatable bonds is 11. The summed E-state index contributed by atoms with van der Waals surface area (Å²) in [5.74, 6) is 2.49. The van der Waals surface area contributed by atoms with Crippen LogP contribution in [0.4, 0.5) is 0 Å². The molecule has 0 saturated heterocycles. The van der Waals surface area contributed by atoms with Crippen LogP contribution in [0.1, 0.15) is 40.2 Å². The van der Waals surface area contributed by atoms with Crippen molar-refractivity contribution in [3.63, 3.8) is 0 Å². The van der Waals surface area contributed by atoms with Crippen molar-refractivity contribution in [2.24, 2.45) is 0 Å². The van der Waals surface area contributed by atoms with E-state index >= 15 is 0 Å². The van der Waals surface area contributed by atoms with Crippen LogP contribution < -0.4 is 14.8 Å². The Morgan fingerprint density at radius 1 is 1.00 bits per heavy atom. The summed E-state index contributed by atoms with van der Waals surface area (Å²) in [6.45, 7) is 6.21. The SMILES string of the molecule is COc1cccc(C(=O)NCCc2nc3ccccc3n2CCCCOc2cc(C)ccc2C)c1. The lowest BCUT2D eigenvalue weighted by Crippen LogP contribution is -2.26. The number of unbranched alkanes of at least 4 members (excludes halogenated alkanes) is 1. The zero-order valence-electron chi connectivity index (χ0n) is 20.7. The third kappa shape index (κ3) is 6.21. The second-order valence-corrected chi connectivity index (χ2v) is 8.73. The van der Waals surface area contributed by atoms with Crippen molar-refractivity contribution in [2.75, 3.05) is 20.3 Å². The van der Waals surface area contributed by atoms with Crippen molar-refractivity contribution in [3.05, 3.63) is 89.2 Å². The lowest BCUT2D eigenvalue weighted by molar-refractivity contribution is 0.0953. The van der Waals surface area contributed by atoms with Crippen LogP contribution in [0.3, 0.4) is 0 Å². The molecule has 182 valence electrons. The fraction of sp³-hybridized carbons (Fsp3) is 0.310. The molecule has 1 amide bonds. The predicted molar refractivity (Wildman–Crippen MR) is 139 cm³/mol. The summed E-state index contributed by atoms with van der Waals surface area (Å²) in [4.78, 5) is 17.4. The second-order valence-electron chi connectivity index (χ2n) is 8.73. The van der Waals surface area contributed by atoms with E-state index in [2.05, 4.69) is 48.0 Å². The average molecular weight is 472 g/mol. The van der Waals surface area contributed by atoms with E-state index in [9.17, 15) is 4.79 Å². The molecule has 1 aromatic heterocycles. The summed E-state index contributed by atoms with van der Waals surface area (Å²) < 4.78 is 13.5. The Kier molecular flexibility index (Phi) is 8.03. The van der Waals surface area contributed by atoms with E-state index in [-0.39, 0.29) is 5.91 Å². The highest BCUT2D eigenvalue weighted by Gasteiger charge is 2.12. The van der Waals surface area contributed by atoms with Gasteiger partial charge in [0.1, 0.15) is 17.3 Å². The van der Waals surface area contributed by atoms with Gasteiger partial charge in [0.05, 0.1) is 24.8 Å². The number of nitrogens with zero attached hydrogens (tertiary/aromatic N) is 2. The molecule has 3 aromatic carbocycles. The number of carbonyl (C=O) groups excluding carboxylic acids is 1. The number of para-hydroxylation sites is 2. The maximum Gasteiger partial charge on any atom is 0.251 e. The molecular weight excluding hydrogens is 438 g/mol. The highest BCUT2D eigenvalue weighted by molar-refractivity contribution is 5.94. The Bertz CT molecular complexity index is 1300. The van der Waals surface area contributed by atoms with Crippen LogP contribution in [0.5, 0.6) is 11.5 Å². The molecule has 0 spiro atoms. The van der Waals surface area contributed by atoms with Crippen LogP contribution in [-0.2, 0) is 13.0 Å². The topological polar surface area (TPSA) is 65.4 Å². The van der Waals surface area contributed by atoms with Gasteiger partial charge in [0, 0.05) is 25.1 Å². The van der Waals surface area contributed by atoms with Gasteiger partial charge in [-0.15, -0.1) is 0 Å². The Labute approximate surface area is 206 Å². The molecule has 0 saturated carbocycles. The Balaban J connectivity index is 1.34. The van der Waals surface area contributed by atoms with Gasteiger partial charge in [-0.2, -0.15) is 0 Å². The number of aryl methyl sites for hydroxylation is 3. The molecule has 35 heavy (non-hydrogen) atoms. The Morgan fingerprint density at radius 3 is 2.71 bits per heavy atom. The standard InChI is InChI=1S/C29H33N3O3/c1-21-13-14-22(2)27(19-21)35-18-7-6-17-32-26-12-5-4-11-25(26)31-28(32)15-16-30-29(33)23-9-8-10-24(20-23)34-3/h4-5,8-14,19-20H,6-7,15-18H2,1-3H3,(H,30,33). The van der Waals surface area contributed by atoms with Crippen LogP contribution in [0.15, 0.2) is 66.7 Å². The van der Waals surface area contributed by atoms with Crippen molar-refractivity contribution >= 4 is 16.9 Å². The first-order valence-electron chi connectivity index (χ1n) is 12.1. The van der Waals surface area contributed by atoms with E-state index in [1.165, 1.54) is 5.56 Å². The van der Waals surface area contributed by atoms with Gasteiger partial charge in [-0.25, -0.2) is 4.98 Å². The van der Waals surface area contributed by atoms with Crippen molar-refractivity contribution < 1.29 is 14.3 Å². The fourth-order valence-electron chi connectivity index (χ4n) is 4.14. The fourth-order valence-corrected chi connectivity index (χ4v) is 4.14. The van der Waals surface area contributed by atoms with E-state index in [0.717, 1.165) is 47.6 Å². The summed E-state index contributed by atoms with van der Waals surface area (Å²) in [6.07, 6.45) is 2.59. The number of imidazole rings is 1. The predicted octanol–water partition coefficient (Wildman–Crippen LogP) is 5.49. The third-order valence-electron chi connectivity index (χ3n) is 6.08. The van der Waals surface area contributed by atoms with Gasteiger partial charge in [-0.3, -0.25) is 4.79 Å². The Morgan fingerprint density at radius 2 is 1.86 bits per heavy atom. The minimum atomic E-state index is -0.116. The second kappa shape index (κ2) is 11.6. The number of amides is 1. The molecule has 0 fully saturated rings. The number of benzene rings is 3. The molecule has 0 aliphatic heterocycles. The molecule has 4 rings (SSSR count). The lowest BCUT2D eigenvalue weighted by atomic mass is 10.1. The molecule has 0 aliphatic rings. The van der Waals surface area contributed by atoms with Crippen molar-refractivity contribution in [1.82, 2.24) is 14.9 Å². The van der Waals surface area contributed by atoms with Gasteiger partial charge in [0.25, 0.3) is 5.91 Å². The maximum atomic E-state index is 12.6. The van der Waals surface area contributed by atoms with Gasteiger partial charge < -0.3 is 19.4 Å². The van der Waals surface area contributed by atoms with E-state index < -0.39 is 0 Å². The number of methoxy groups -OCH3 is 1. The van der Waals surface area contributed by atoms with Crippen molar-refractivity contribution in [2.45, 2.75) is 39.7 Å². The van der Waals surface area contributed by atoms with Crippen molar-refractivity contribution in [1.29, 1.82) is 0 Å². The zero-order chi connectivity index (χ0) is 24.6. The zero-order valence-corrected chi connectivity index (χ0v) is 20.7. The molecule has 0 unspecified atom stereocenters. The average Bonchev–Trinajstić information content (AvgIpc) is 3.23. The first-order valence-corrected chi connectivity index (χ1v) is 12.1. The number of hydrogen-bond acceptors (Lipinski definition) is 4. The van der Waals surface area contributed by atoms with E-state index in [0.29, 0.717) is 30.9 Å². The van der Waals surface area contributed by atoms with Crippen molar-refractivity contribution in [3.8, 4) is 11.5 Å². The minimum absolute atomic E-state index is 0.116. The summed E-state index contributed by atoms with van der Waals surface area (Å²) in [5.41, 5.74) is 5.06. The monoisotopic (exact) mass is 471 g/mol. The normalized spacial score (nSPS) is 10.9. The van der Waals surface area contributed by atoms with Crippen LogP contribution in [0.25, 0.3) is 11.0 Å². The van der Waals surface area contributed by atoms with Crippen LogP contribution in [0, 0.1) is 13.8 Å². The summed E-state index contributed by atoms with van der Waals surface area (Å²) >= 11 is 0. The Hall–Kier alpha value is -3.80. The molecule has 1 heterocycles. The smallest absolute Gasteiger partial charge is 0.251 e. The highest BCUT2D eigenvalue weighted by atomic mass is 16.5. The van der Waals surface area contributed by atoms with Gasteiger partial charge >= 0.3 is 0 Å². The molecular formula is C29H33N3O3. The highest BCUT2D eigenvalue weighted by Crippen LogP contribution is 2.20. The van der Waals surface area contributed by atoms with E-state index in [1.54, 1.807) is 19.2 Å². The number of aromatic nitrogens is 2. The molecule has 0 radical (unpaired) electrons. The molecule has 1 N–H and O–H groups in total. The molecule has 0 bridgehead atoms. The largest absolute Gasteiger partial charge is 0.497 e. The van der Waals surface area contributed by atoms with Crippen LogP contribution in [0.2, 0.25) is 0 Å². The number of fused-ring (bicyclic) bond motifs is 1. The lowest BCUT2D eigenvalue weighted by Gasteiger charge is -2.12. The number of ether oxygens (including phenoxy) is 2. The quantitative estimate of drug-likeness (QED) is 0.294. The maximum absolute atomic E-state index is 12.6. The van der Waals surface area contributed by atoms with Gasteiger partial charge in [-0.05, 0) is 74.2 Å².